The summed E-state index contributed by atoms with van der Waals surface area (Å²) in [4.78, 5) is 5.05. The van der Waals surface area contributed by atoms with Crippen molar-refractivity contribution >= 4 is 0 Å². The molecule has 1 unspecified atom stereocenters. The molecule has 21 heavy (non-hydrogen) atoms. The van der Waals surface area contributed by atoms with Gasteiger partial charge in [-0.15, -0.1) is 0 Å². The van der Waals surface area contributed by atoms with E-state index in [4.69, 9.17) is 4.42 Å². The highest BCUT2D eigenvalue weighted by molar-refractivity contribution is 5.17. The zero-order chi connectivity index (χ0) is 15.2. The minimum Gasteiger partial charge on any atom is -0.468 e. The summed E-state index contributed by atoms with van der Waals surface area (Å²) in [5.41, 5.74) is 1.30. The Morgan fingerprint density at radius 2 is 2.19 bits per heavy atom. The molecule has 1 aromatic rings. The lowest BCUT2D eigenvalue weighted by Gasteiger charge is -2.29. The van der Waals surface area contributed by atoms with Gasteiger partial charge in [0.25, 0.3) is 0 Å². The van der Waals surface area contributed by atoms with Crippen molar-refractivity contribution < 1.29 is 4.42 Å². The third-order valence-corrected chi connectivity index (χ3v) is 4.38. The molecular weight excluding hydrogens is 262 g/mol. The van der Waals surface area contributed by atoms with E-state index in [-0.39, 0.29) is 0 Å². The molecule has 0 aliphatic carbocycles. The van der Waals surface area contributed by atoms with Crippen molar-refractivity contribution in [3.63, 3.8) is 0 Å². The Kier molecular flexibility index (Phi) is 6.27. The van der Waals surface area contributed by atoms with Crippen LogP contribution < -0.4 is 5.32 Å². The third kappa shape index (κ3) is 4.83. The number of nitrogens with zero attached hydrogens (tertiary/aromatic N) is 2. The van der Waals surface area contributed by atoms with Gasteiger partial charge in [0, 0.05) is 37.3 Å². The fraction of sp³-hybridized carbons (Fsp3) is 0.765. The summed E-state index contributed by atoms with van der Waals surface area (Å²) in [6.45, 7) is 12.0. The van der Waals surface area contributed by atoms with Crippen LogP contribution in [0.2, 0.25) is 0 Å². The maximum atomic E-state index is 5.76. The highest BCUT2D eigenvalue weighted by Crippen LogP contribution is 2.19. The lowest BCUT2D eigenvalue weighted by Crippen LogP contribution is -2.39. The number of rotatable bonds is 6. The molecule has 1 fully saturated rings. The van der Waals surface area contributed by atoms with E-state index in [9.17, 15) is 0 Å². The van der Waals surface area contributed by atoms with Gasteiger partial charge in [-0.05, 0) is 32.5 Å². The molecule has 1 N–H and O–H groups in total. The van der Waals surface area contributed by atoms with Gasteiger partial charge < -0.3 is 14.6 Å². The Bertz CT molecular complexity index is 416. The molecule has 0 saturated carbocycles. The van der Waals surface area contributed by atoms with Gasteiger partial charge in [-0.1, -0.05) is 20.8 Å². The second kappa shape index (κ2) is 7.97. The molecule has 1 aliphatic heterocycles. The van der Waals surface area contributed by atoms with Crippen LogP contribution >= 0.6 is 0 Å². The highest BCUT2D eigenvalue weighted by Gasteiger charge is 2.23. The largest absolute Gasteiger partial charge is 0.468 e. The van der Waals surface area contributed by atoms with Gasteiger partial charge in [0.05, 0.1) is 12.8 Å². The van der Waals surface area contributed by atoms with E-state index in [0.29, 0.717) is 12.1 Å². The number of hydrogen-bond acceptors (Lipinski definition) is 4. The molecule has 1 aromatic heterocycles. The minimum atomic E-state index is 0.503. The summed E-state index contributed by atoms with van der Waals surface area (Å²) in [6.07, 6.45) is 4.27. The van der Waals surface area contributed by atoms with Crippen LogP contribution in [0.1, 0.15) is 44.9 Å². The van der Waals surface area contributed by atoms with Crippen LogP contribution in [0, 0.1) is 0 Å². The average molecular weight is 293 g/mol. The van der Waals surface area contributed by atoms with Gasteiger partial charge in [-0.2, -0.15) is 0 Å². The van der Waals surface area contributed by atoms with E-state index in [0.717, 1.165) is 25.4 Å². The number of likely N-dealkylation sites (N-methyl/N-ethyl adjacent to an activating group) is 1. The molecule has 0 radical (unpaired) electrons. The van der Waals surface area contributed by atoms with Gasteiger partial charge in [-0.25, -0.2) is 0 Å². The van der Waals surface area contributed by atoms with Crippen molar-refractivity contribution in [3.05, 3.63) is 23.7 Å². The van der Waals surface area contributed by atoms with E-state index in [2.05, 4.69) is 49.0 Å². The summed E-state index contributed by atoms with van der Waals surface area (Å²) in [7, 11) is 2.23. The van der Waals surface area contributed by atoms with E-state index in [1.165, 1.54) is 31.5 Å². The smallest absolute Gasteiger partial charge is 0.122 e. The predicted octanol–water partition coefficient (Wildman–Crippen LogP) is 2.69. The zero-order valence-corrected chi connectivity index (χ0v) is 14.1. The van der Waals surface area contributed by atoms with Crippen LogP contribution in [0.4, 0.5) is 0 Å². The first-order valence-corrected chi connectivity index (χ1v) is 8.31. The normalized spacial score (nSPS) is 21.9. The molecular formula is C17H31N3O. The van der Waals surface area contributed by atoms with E-state index in [1.807, 2.05) is 6.26 Å². The third-order valence-electron chi connectivity index (χ3n) is 4.38. The first kappa shape index (κ1) is 16.5. The SMILES string of the molecule is CCC1CN(C)CCCN1Cc1occc1CNC(C)C. The van der Waals surface area contributed by atoms with E-state index >= 15 is 0 Å². The first-order chi connectivity index (χ1) is 10.1. The molecule has 0 amide bonds. The fourth-order valence-corrected chi connectivity index (χ4v) is 3.05. The average Bonchev–Trinajstić information content (AvgIpc) is 2.80. The quantitative estimate of drug-likeness (QED) is 0.874. The Labute approximate surface area is 129 Å². The summed E-state index contributed by atoms with van der Waals surface area (Å²) in [5, 5.41) is 3.48. The van der Waals surface area contributed by atoms with Crippen LogP contribution in [-0.4, -0.2) is 48.6 Å². The Hall–Kier alpha value is -0.840. The molecule has 1 aliphatic rings. The lowest BCUT2D eigenvalue weighted by molar-refractivity contribution is 0.163. The molecule has 120 valence electrons. The molecule has 0 spiro atoms. The summed E-state index contributed by atoms with van der Waals surface area (Å²) in [5.74, 6) is 1.13. The van der Waals surface area contributed by atoms with Crippen LogP contribution in [0.3, 0.4) is 0 Å². The Morgan fingerprint density at radius 3 is 2.90 bits per heavy atom. The van der Waals surface area contributed by atoms with E-state index < -0.39 is 0 Å². The van der Waals surface area contributed by atoms with Crippen molar-refractivity contribution in [2.24, 2.45) is 0 Å². The maximum Gasteiger partial charge on any atom is 0.122 e. The van der Waals surface area contributed by atoms with Crippen molar-refractivity contribution in [2.75, 3.05) is 26.7 Å². The van der Waals surface area contributed by atoms with Crippen LogP contribution in [0.25, 0.3) is 0 Å². The molecule has 1 atom stereocenters. The highest BCUT2D eigenvalue weighted by atomic mass is 16.3. The number of furan rings is 1. The monoisotopic (exact) mass is 293 g/mol. The zero-order valence-electron chi connectivity index (χ0n) is 14.1. The standard InChI is InChI=1S/C17H31N3O/c1-5-16-12-19(4)8-6-9-20(16)13-17-15(7-10-21-17)11-18-14(2)3/h7,10,14,16,18H,5-6,8-9,11-13H2,1-4H3. The molecule has 0 aromatic carbocycles. The first-order valence-electron chi connectivity index (χ1n) is 8.31. The Balaban J connectivity index is 2.00. The fourth-order valence-electron chi connectivity index (χ4n) is 3.05. The lowest BCUT2D eigenvalue weighted by atomic mass is 10.1. The minimum absolute atomic E-state index is 0.503. The molecule has 2 heterocycles. The van der Waals surface area contributed by atoms with Gasteiger partial charge in [0.1, 0.15) is 5.76 Å². The Morgan fingerprint density at radius 1 is 1.38 bits per heavy atom. The molecule has 4 heteroatoms. The summed E-state index contributed by atoms with van der Waals surface area (Å²) >= 11 is 0. The van der Waals surface area contributed by atoms with E-state index in [1.54, 1.807) is 0 Å². The van der Waals surface area contributed by atoms with Gasteiger partial charge in [-0.3, -0.25) is 4.90 Å². The summed E-state index contributed by atoms with van der Waals surface area (Å²) in [6, 6.07) is 3.24. The summed E-state index contributed by atoms with van der Waals surface area (Å²) < 4.78 is 5.76. The van der Waals surface area contributed by atoms with Gasteiger partial charge in [0.15, 0.2) is 0 Å². The molecule has 1 saturated heterocycles. The second-order valence-electron chi connectivity index (χ2n) is 6.55. The van der Waals surface area contributed by atoms with Crippen molar-refractivity contribution in [1.82, 2.24) is 15.1 Å². The van der Waals surface area contributed by atoms with Crippen molar-refractivity contribution in [3.8, 4) is 0 Å². The molecule has 4 nitrogen and oxygen atoms in total. The van der Waals surface area contributed by atoms with Crippen LogP contribution in [0.15, 0.2) is 16.7 Å². The van der Waals surface area contributed by atoms with Crippen LogP contribution in [0.5, 0.6) is 0 Å². The number of hydrogen-bond donors (Lipinski definition) is 1. The second-order valence-corrected chi connectivity index (χ2v) is 6.55. The number of nitrogens with one attached hydrogen (secondary N) is 1. The topological polar surface area (TPSA) is 31.6 Å². The van der Waals surface area contributed by atoms with Crippen molar-refractivity contribution in [1.29, 1.82) is 0 Å². The van der Waals surface area contributed by atoms with Gasteiger partial charge in [0.2, 0.25) is 0 Å². The predicted molar refractivity (Wildman–Crippen MR) is 87.3 cm³/mol. The molecule has 2 rings (SSSR count). The van der Waals surface area contributed by atoms with Crippen molar-refractivity contribution in [2.45, 2.75) is 58.8 Å². The van der Waals surface area contributed by atoms with Crippen LogP contribution in [-0.2, 0) is 13.1 Å². The molecule has 0 bridgehead atoms. The maximum absolute atomic E-state index is 5.76. The van der Waals surface area contributed by atoms with Gasteiger partial charge >= 0.3 is 0 Å².